The molecule has 0 aliphatic rings. The van der Waals surface area contributed by atoms with E-state index in [-0.39, 0.29) is 5.91 Å². The van der Waals surface area contributed by atoms with Crippen molar-refractivity contribution >= 4 is 20.2 Å². The molecule has 0 heterocycles. The van der Waals surface area contributed by atoms with E-state index in [4.69, 9.17) is 4.74 Å². The molecule has 0 aliphatic carbocycles. The lowest BCUT2D eigenvalue weighted by Gasteiger charge is -2.22. The second-order valence-corrected chi connectivity index (χ2v) is 8.74. The lowest BCUT2D eigenvalue weighted by molar-refractivity contribution is -0.130. The van der Waals surface area contributed by atoms with Crippen molar-refractivity contribution in [1.82, 2.24) is 10.3 Å². The Hall–Kier alpha value is -1.08. The summed E-state index contributed by atoms with van der Waals surface area (Å²) < 4.78 is 9.19. The number of nitrogens with one attached hydrogen (secondary N) is 2. The summed E-state index contributed by atoms with van der Waals surface area (Å²) in [6.07, 6.45) is -1.71. The third kappa shape index (κ3) is 6.08. The Bertz CT molecular complexity index is 239. The predicted molar refractivity (Wildman–Crippen MR) is 57.8 cm³/mol. The van der Waals surface area contributed by atoms with Gasteiger partial charge in [-0.1, -0.05) is 19.6 Å². The maximum absolute atomic E-state index is 11.6. The highest BCUT2D eigenvalue weighted by Crippen LogP contribution is 1.96. The van der Waals surface area contributed by atoms with E-state index in [1.807, 2.05) is 19.6 Å². The Morgan fingerprint density at radius 1 is 1.20 bits per heavy atom. The highest BCUT2D eigenvalue weighted by atomic mass is 28.3. The molecule has 0 aromatic carbocycles. The van der Waals surface area contributed by atoms with E-state index in [0.717, 1.165) is 0 Å². The highest BCUT2D eigenvalue weighted by molar-refractivity contribution is 6.75. The summed E-state index contributed by atoms with van der Waals surface area (Å²) in [5.74, 6) is -0.359. The van der Waals surface area contributed by atoms with Gasteiger partial charge in [-0.05, 0) is 0 Å². The number of hydrogen-bond acceptors (Lipinski definition) is 4. The van der Waals surface area contributed by atoms with Gasteiger partial charge in [0.25, 0.3) is 5.91 Å². The van der Waals surface area contributed by atoms with Crippen molar-refractivity contribution in [1.29, 1.82) is 0 Å². The van der Waals surface area contributed by atoms with Gasteiger partial charge in [0.05, 0.1) is 7.11 Å². The van der Waals surface area contributed by atoms with Crippen LogP contribution in [-0.2, 0) is 14.3 Å². The van der Waals surface area contributed by atoms with Crippen molar-refractivity contribution in [2.75, 3.05) is 14.2 Å². The van der Waals surface area contributed by atoms with E-state index < -0.39 is 20.6 Å². The summed E-state index contributed by atoms with van der Waals surface area (Å²) in [7, 11) is 0.826. The fraction of sp³-hybridized carbons (Fsp3) is 0.750. The first-order chi connectivity index (χ1) is 6.80. The Labute approximate surface area is 90.4 Å². The average Bonchev–Trinajstić information content (AvgIpc) is 2.10. The van der Waals surface area contributed by atoms with Gasteiger partial charge in [0, 0.05) is 7.11 Å². The van der Waals surface area contributed by atoms with E-state index in [1.165, 1.54) is 14.2 Å². The Balaban J connectivity index is 4.29. The van der Waals surface area contributed by atoms with Crippen LogP contribution >= 0.6 is 0 Å². The summed E-state index contributed by atoms with van der Waals surface area (Å²) in [5.41, 5.74) is 0. The fourth-order valence-corrected chi connectivity index (χ4v) is 1.70. The maximum atomic E-state index is 11.6. The molecule has 0 fully saturated rings. The largest absolute Gasteiger partial charge is 0.453 e. The third-order valence-corrected chi connectivity index (χ3v) is 2.40. The number of hydrogen-bond donors (Lipinski definition) is 2. The molecule has 0 bridgehead atoms. The second kappa shape index (κ2) is 5.71. The molecule has 0 radical (unpaired) electrons. The molecule has 0 saturated carbocycles. The fourth-order valence-electron chi connectivity index (χ4n) is 0.833. The minimum Gasteiger partial charge on any atom is -0.453 e. The molecule has 88 valence electrons. The van der Waals surface area contributed by atoms with Gasteiger partial charge in [-0.25, -0.2) is 4.79 Å². The van der Waals surface area contributed by atoms with Crippen molar-refractivity contribution in [2.24, 2.45) is 0 Å². The molecule has 0 rings (SSSR count). The van der Waals surface area contributed by atoms with Gasteiger partial charge in [-0.15, -0.1) is 0 Å². The summed E-state index contributed by atoms with van der Waals surface area (Å²) in [6, 6.07) is 0. The molecule has 0 aromatic heterocycles. The van der Waals surface area contributed by atoms with E-state index in [9.17, 15) is 9.59 Å². The zero-order valence-electron chi connectivity index (χ0n) is 9.71. The third-order valence-electron chi connectivity index (χ3n) is 1.41. The lowest BCUT2D eigenvalue weighted by Crippen LogP contribution is -2.55. The van der Waals surface area contributed by atoms with Gasteiger partial charge in [0.1, 0.15) is 8.24 Å². The molecule has 0 spiro atoms. The van der Waals surface area contributed by atoms with Crippen LogP contribution in [0.2, 0.25) is 19.6 Å². The first-order valence-electron chi connectivity index (χ1n) is 4.49. The molecular formula is C8H18N2O4Si. The van der Waals surface area contributed by atoms with Gasteiger partial charge >= 0.3 is 6.09 Å². The number of methoxy groups -OCH3 is 2. The van der Waals surface area contributed by atoms with Crippen LogP contribution in [-0.4, -0.2) is 40.7 Å². The Kier molecular flexibility index (Phi) is 5.30. The Morgan fingerprint density at radius 3 is 2.07 bits per heavy atom. The minimum atomic E-state index is -1.73. The van der Waals surface area contributed by atoms with Crippen LogP contribution in [0.15, 0.2) is 0 Å². The van der Waals surface area contributed by atoms with Crippen LogP contribution in [0, 0.1) is 0 Å². The number of amides is 2. The summed E-state index contributed by atoms with van der Waals surface area (Å²) in [4.78, 5) is 25.2. The molecule has 0 aliphatic heterocycles. The van der Waals surface area contributed by atoms with Crippen LogP contribution in [0.4, 0.5) is 4.79 Å². The van der Waals surface area contributed by atoms with Crippen LogP contribution in [0.25, 0.3) is 0 Å². The number of carbonyl (C=O) groups is 2. The quantitative estimate of drug-likeness (QED) is 0.540. The molecule has 1 atom stereocenters. The van der Waals surface area contributed by atoms with Crippen molar-refractivity contribution in [3.05, 3.63) is 0 Å². The number of carbonyl (C=O) groups excluding carboxylic acids is 2. The maximum Gasteiger partial charge on any atom is 0.409 e. The van der Waals surface area contributed by atoms with Crippen molar-refractivity contribution in [2.45, 2.75) is 25.9 Å². The SMILES string of the molecule is COC(=O)NC(OC)C(=O)N[Si](C)(C)C. The van der Waals surface area contributed by atoms with E-state index >= 15 is 0 Å². The van der Waals surface area contributed by atoms with E-state index in [1.54, 1.807) is 0 Å². The van der Waals surface area contributed by atoms with Crippen LogP contribution < -0.4 is 10.3 Å². The van der Waals surface area contributed by atoms with E-state index in [0.29, 0.717) is 0 Å². The van der Waals surface area contributed by atoms with Gasteiger partial charge in [-0.2, -0.15) is 0 Å². The van der Waals surface area contributed by atoms with Crippen molar-refractivity contribution in [3.63, 3.8) is 0 Å². The first kappa shape index (κ1) is 13.9. The molecule has 0 saturated heterocycles. The van der Waals surface area contributed by atoms with Gasteiger partial charge in [0.2, 0.25) is 6.23 Å². The van der Waals surface area contributed by atoms with Crippen molar-refractivity contribution in [3.8, 4) is 0 Å². The predicted octanol–water partition coefficient (Wildman–Crippen LogP) is 0.266. The normalized spacial score (nSPS) is 12.9. The summed E-state index contributed by atoms with van der Waals surface area (Å²) in [5, 5.41) is 2.27. The molecule has 6 nitrogen and oxygen atoms in total. The Morgan fingerprint density at radius 2 is 1.73 bits per heavy atom. The molecule has 2 N–H and O–H groups in total. The van der Waals surface area contributed by atoms with Crippen LogP contribution in [0.1, 0.15) is 0 Å². The van der Waals surface area contributed by atoms with Crippen molar-refractivity contribution < 1.29 is 19.1 Å². The standard InChI is InChI=1S/C8H18N2O4Si/c1-13-7(9-8(12)14-2)6(11)10-15(3,4)5/h7H,1-5H3,(H,9,12)(H,10,11). The highest BCUT2D eigenvalue weighted by Gasteiger charge is 2.25. The van der Waals surface area contributed by atoms with Crippen LogP contribution in [0.3, 0.4) is 0 Å². The van der Waals surface area contributed by atoms with E-state index in [2.05, 4.69) is 15.0 Å². The summed E-state index contributed by atoms with van der Waals surface area (Å²) in [6.45, 7) is 5.90. The molecule has 1 unspecified atom stereocenters. The number of rotatable bonds is 4. The minimum absolute atomic E-state index is 0.359. The first-order valence-corrected chi connectivity index (χ1v) is 7.99. The van der Waals surface area contributed by atoms with Gasteiger partial charge < -0.3 is 14.5 Å². The zero-order chi connectivity index (χ0) is 12.1. The molecule has 2 amide bonds. The number of alkyl carbamates (subject to hydrolysis) is 1. The number of ether oxygens (including phenoxy) is 2. The molecule has 15 heavy (non-hydrogen) atoms. The van der Waals surface area contributed by atoms with Crippen LogP contribution in [0.5, 0.6) is 0 Å². The smallest absolute Gasteiger partial charge is 0.409 e. The second-order valence-electron chi connectivity index (χ2n) is 3.99. The molecule has 7 heteroatoms. The summed E-state index contributed by atoms with van der Waals surface area (Å²) >= 11 is 0. The molecule has 0 aromatic rings. The van der Waals surface area contributed by atoms with Gasteiger partial charge in [-0.3, -0.25) is 10.1 Å². The lowest BCUT2D eigenvalue weighted by atomic mass is 10.5. The monoisotopic (exact) mass is 234 g/mol. The molecular weight excluding hydrogens is 216 g/mol. The zero-order valence-corrected chi connectivity index (χ0v) is 10.7. The topological polar surface area (TPSA) is 76.7 Å². The van der Waals surface area contributed by atoms with Gasteiger partial charge in [0.15, 0.2) is 0 Å². The average molecular weight is 234 g/mol.